The largest absolute Gasteiger partial charge is 2.00 e. The number of rotatable bonds is 12. The van der Waals surface area contributed by atoms with Crippen LogP contribution in [0.3, 0.4) is 0 Å². The van der Waals surface area contributed by atoms with Gasteiger partial charge in [-0.15, -0.1) is 15.8 Å². The summed E-state index contributed by atoms with van der Waals surface area (Å²) in [6.07, 6.45) is 41.0. The van der Waals surface area contributed by atoms with E-state index in [4.69, 9.17) is 0 Å². The van der Waals surface area contributed by atoms with Crippen molar-refractivity contribution in [2.24, 2.45) is 0 Å². The fourth-order valence-electron chi connectivity index (χ4n) is 8.58. The molecule has 0 saturated heterocycles. The van der Waals surface area contributed by atoms with E-state index < -0.39 is 0 Å². The Morgan fingerprint density at radius 2 is 0.737 bits per heavy atom. The van der Waals surface area contributed by atoms with E-state index in [2.05, 4.69) is 6.92 Å². The van der Waals surface area contributed by atoms with Crippen molar-refractivity contribution in [2.45, 2.75) is 189 Å². The second kappa shape index (κ2) is 21.1. The molecule has 0 aromatic heterocycles. The van der Waals surface area contributed by atoms with E-state index in [9.17, 15) is 0 Å². The number of hydrogen-bond acceptors (Lipinski definition) is 0. The van der Waals surface area contributed by atoms with Gasteiger partial charge in [-0.2, -0.15) is 0 Å². The molecule has 4 saturated carbocycles. The summed E-state index contributed by atoms with van der Waals surface area (Å²) < 4.78 is 0. The molecule has 4 rings (SSSR count). The predicted octanol–water partition coefficient (Wildman–Crippen LogP) is 4.39. The van der Waals surface area contributed by atoms with Crippen LogP contribution >= 0.6 is 15.8 Å². The van der Waals surface area contributed by atoms with Crippen molar-refractivity contribution in [3.05, 3.63) is 0 Å². The molecule has 38 heavy (non-hydrogen) atoms. The number of halogens is 2. The third-order valence-electron chi connectivity index (χ3n) is 10.7. The van der Waals surface area contributed by atoms with Crippen molar-refractivity contribution in [3.8, 4) is 0 Å². The molecular formula is C32H62Cl2P2PtSi. The van der Waals surface area contributed by atoms with Crippen LogP contribution in [0.5, 0.6) is 0 Å². The number of hydrogen-bond donors (Lipinski definition) is 0. The van der Waals surface area contributed by atoms with Gasteiger partial charge in [0, 0.05) is 10.2 Å². The molecular weight excluding hydrogens is 740 g/mol. The van der Waals surface area contributed by atoms with Crippen molar-refractivity contribution in [1.29, 1.82) is 0 Å². The summed E-state index contributed by atoms with van der Waals surface area (Å²) in [5.74, 6) is 0. The van der Waals surface area contributed by atoms with Crippen LogP contribution < -0.4 is 24.8 Å². The summed E-state index contributed by atoms with van der Waals surface area (Å²) in [5, 5.41) is 0.722. The van der Waals surface area contributed by atoms with Gasteiger partial charge in [0.15, 0.2) is 0 Å². The Hall–Kier alpha value is 2.35. The van der Waals surface area contributed by atoms with Gasteiger partial charge in [0.2, 0.25) is 0 Å². The molecule has 0 nitrogen and oxygen atoms in total. The summed E-state index contributed by atoms with van der Waals surface area (Å²) in [6.45, 7) is 2.70. The van der Waals surface area contributed by atoms with Crippen molar-refractivity contribution < 1.29 is 45.9 Å². The van der Waals surface area contributed by atoms with E-state index >= 15 is 0 Å². The maximum atomic E-state index is 2.70. The third kappa shape index (κ3) is 12.9. The molecule has 0 amide bonds. The van der Waals surface area contributed by atoms with Crippen molar-refractivity contribution in [2.75, 3.05) is 12.3 Å². The van der Waals surface area contributed by atoms with Crippen molar-refractivity contribution in [3.63, 3.8) is 0 Å². The van der Waals surface area contributed by atoms with E-state index in [-0.39, 0.29) is 45.9 Å². The van der Waals surface area contributed by atoms with Crippen LogP contribution in [0, 0.1) is 0 Å². The molecule has 4 aliphatic carbocycles. The van der Waals surface area contributed by atoms with E-state index in [1.54, 1.807) is 141 Å². The molecule has 228 valence electrons. The van der Waals surface area contributed by atoms with Crippen LogP contribution in [0.1, 0.15) is 161 Å². The Labute approximate surface area is 271 Å². The monoisotopic (exact) mass is 801 g/mol. The average molecular weight is 803 g/mol. The van der Waals surface area contributed by atoms with Gasteiger partial charge >= 0.3 is 21.1 Å². The zero-order chi connectivity index (χ0) is 24.3. The van der Waals surface area contributed by atoms with Crippen LogP contribution in [0.4, 0.5) is 0 Å². The predicted molar refractivity (Wildman–Crippen MR) is 168 cm³/mol. The van der Waals surface area contributed by atoms with Gasteiger partial charge in [-0.1, -0.05) is 96.8 Å². The Bertz CT molecular complexity index is 488. The molecule has 0 aliphatic heterocycles. The second-order valence-electron chi connectivity index (χ2n) is 14.0. The minimum absolute atomic E-state index is 0. The first kappa shape index (κ1) is 38.4. The van der Waals surface area contributed by atoms with Crippen LogP contribution in [0.25, 0.3) is 0 Å². The SMILES string of the molecule is CC([SiH3])(CCCP(C1CCCCC1)C1CCCCC1)CCCP(C1CCCCC1)C1CCCCC1.[Cl-].[Cl-].[Pt+2]. The van der Waals surface area contributed by atoms with Gasteiger partial charge in [0.05, 0.1) is 0 Å². The topological polar surface area (TPSA) is 0 Å². The summed E-state index contributed by atoms with van der Waals surface area (Å²) >= 11 is 0. The summed E-state index contributed by atoms with van der Waals surface area (Å²) in [4.78, 5) is 0. The summed E-state index contributed by atoms with van der Waals surface area (Å²) in [7, 11) is 2.08. The van der Waals surface area contributed by atoms with Gasteiger partial charge in [0.1, 0.15) is 0 Å². The summed E-state index contributed by atoms with van der Waals surface area (Å²) in [5.41, 5.74) is 4.65. The van der Waals surface area contributed by atoms with Crippen LogP contribution in [-0.4, -0.2) is 45.2 Å². The van der Waals surface area contributed by atoms with E-state index in [1.165, 1.54) is 35.9 Å². The molecule has 0 bridgehead atoms. The zero-order valence-corrected chi connectivity index (χ0v) is 32.7. The Kier molecular flexibility index (Phi) is 21.3. The first-order valence-corrected chi connectivity index (χ1v) is 21.0. The minimum Gasteiger partial charge on any atom is -1.00 e. The van der Waals surface area contributed by atoms with E-state index in [0.29, 0.717) is 15.8 Å². The molecule has 6 heteroatoms. The van der Waals surface area contributed by atoms with Crippen molar-refractivity contribution in [1.82, 2.24) is 0 Å². The van der Waals surface area contributed by atoms with Crippen LogP contribution in [0.2, 0.25) is 5.04 Å². The first-order chi connectivity index (χ1) is 17.1. The van der Waals surface area contributed by atoms with Crippen LogP contribution in [-0.2, 0) is 21.1 Å². The van der Waals surface area contributed by atoms with Gasteiger partial charge in [-0.05, 0) is 104 Å². The molecule has 0 heterocycles. The average Bonchev–Trinajstić information content (AvgIpc) is 2.91. The first-order valence-electron chi connectivity index (χ1n) is 16.6. The molecule has 0 atom stereocenters. The standard InChI is InChI=1S/C32H62P2Si.2ClH.Pt/c1-32(35,24-14-26-33(28-16-6-2-7-17-28)29-18-8-3-9-19-29)25-15-27-34(30-20-10-4-11-21-30)31-22-12-5-13-23-31;;;/h28-31H,2-27H2,1,35H3;2*1H;/q;;;+2/p-2. The van der Waals surface area contributed by atoms with Gasteiger partial charge in [0.25, 0.3) is 0 Å². The fraction of sp³-hybridized carbons (Fsp3) is 1.00. The smallest absolute Gasteiger partial charge is 1.00 e. The van der Waals surface area contributed by atoms with Crippen LogP contribution in [0.15, 0.2) is 0 Å². The molecule has 0 spiro atoms. The summed E-state index contributed by atoms with van der Waals surface area (Å²) in [6, 6.07) is 0. The molecule has 4 fully saturated rings. The molecule has 0 aromatic rings. The minimum atomic E-state index is 0. The Balaban J connectivity index is 0.00000241. The van der Waals surface area contributed by atoms with E-state index in [0.717, 1.165) is 27.7 Å². The van der Waals surface area contributed by atoms with Crippen molar-refractivity contribution >= 4 is 26.1 Å². The van der Waals surface area contributed by atoms with Gasteiger partial charge in [-0.3, -0.25) is 0 Å². The second-order valence-corrected chi connectivity index (χ2v) is 22.3. The quantitative estimate of drug-likeness (QED) is 0.203. The van der Waals surface area contributed by atoms with Gasteiger partial charge in [-0.25, -0.2) is 0 Å². The maximum Gasteiger partial charge on any atom is 2.00 e. The Morgan fingerprint density at radius 3 is 0.974 bits per heavy atom. The van der Waals surface area contributed by atoms with E-state index in [1.807, 2.05) is 0 Å². The molecule has 4 aliphatic rings. The maximum absolute atomic E-state index is 2.70. The molecule has 0 N–H and O–H groups in total. The third-order valence-corrected chi connectivity index (χ3v) is 19.2. The normalized spacial score (nSPS) is 23.1. The fourth-order valence-corrected chi connectivity index (χ4v) is 17.1. The van der Waals surface area contributed by atoms with Gasteiger partial charge < -0.3 is 24.8 Å². The zero-order valence-electron chi connectivity index (χ0n) is 25.2. The molecule has 0 unspecified atom stereocenters. The molecule has 0 radical (unpaired) electrons. The molecule has 0 aromatic carbocycles. The Morgan fingerprint density at radius 1 is 0.500 bits per heavy atom.